The van der Waals surface area contributed by atoms with Crippen LogP contribution in [0.1, 0.15) is 38.7 Å². The van der Waals surface area contributed by atoms with Gasteiger partial charge in [-0.05, 0) is 55.8 Å². The van der Waals surface area contributed by atoms with Crippen molar-refractivity contribution in [3.8, 4) is 0 Å². The molecule has 1 aliphatic heterocycles. The largest absolute Gasteiger partial charge is 0.371 e. The summed E-state index contributed by atoms with van der Waals surface area (Å²) in [5.74, 6) is 1.70. The van der Waals surface area contributed by atoms with Crippen molar-refractivity contribution in [2.45, 2.75) is 39.7 Å². The second-order valence-electron chi connectivity index (χ2n) is 6.23. The molecular weight excluding hydrogens is 312 g/mol. The van der Waals surface area contributed by atoms with E-state index in [1.54, 1.807) is 0 Å². The Bertz CT molecular complexity index is 431. The van der Waals surface area contributed by atoms with Gasteiger partial charge in [-0.15, -0.1) is 0 Å². The molecule has 1 N–H and O–H groups in total. The van der Waals surface area contributed by atoms with Gasteiger partial charge in [0.1, 0.15) is 0 Å². The SMILES string of the molecule is CNCc1ccc(Br)cc1N1CCCC(C(C)C)CC1. The first-order valence-electron chi connectivity index (χ1n) is 7.79. The van der Waals surface area contributed by atoms with Gasteiger partial charge in [0, 0.05) is 29.8 Å². The van der Waals surface area contributed by atoms with Gasteiger partial charge in [0.25, 0.3) is 0 Å². The van der Waals surface area contributed by atoms with Crippen LogP contribution >= 0.6 is 15.9 Å². The minimum Gasteiger partial charge on any atom is -0.371 e. The minimum atomic E-state index is 0.814. The Balaban J connectivity index is 2.16. The van der Waals surface area contributed by atoms with Crippen LogP contribution < -0.4 is 10.2 Å². The van der Waals surface area contributed by atoms with Crippen molar-refractivity contribution in [2.75, 3.05) is 25.0 Å². The molecule has 1 aromatic carbocycles. The first-order valence-corrected chi connectivity index (χ1v) is 8.59. The van der Waals surface area contributed by atoms with Crippen LogP contribution in [-0.4, -0.2) is 20.1 Å². The predicted octanol–water partition coefficient (Wildman–Crippen LogP) is 4.43. The lowest BCUT2D eigenvalue weighted by Gasteiger charge is -2.26. The third kappa shape index (κ3) is 3.98. The number of rotatable bonds is 4. The summed E-state index contributed by atoms with van der Waals surface area (Å²) in [6.45, 7) is 8.05. The lowest BCUT2D eigenvalue weighted by molar-refractivity contribution is 0.351. The van der Waals surface area contributed by atoms with Crippen molar-refractivity contribution < 1.29 is 0 Å². The average Bonchev–Trinajstić information content (AvgIpc) is 2.67. The Labute approximate surface area is 132 Å². The van der Waals surface area contributed by atoms with Crippen LogP contribution in [0.4, 0.5) is 5.69 Å². The van der Waals surface area contributed by atoms with E-state index in [1.165, 1.54) is 48.1 Å². The van der Waals surface area contributed by atoms with Crippen LogP contribution in [-0.2, 0) is 6.54 Å². The van der Waals surface area contributed by atoms with Crippen molar-refractivity contribution in [1.29, 1.82) is 0 Å². The van der Waals surface area contributed by atoms with Crippen molar-refractivity contribution in [3.05, 3.63) is 28.2 Å². The molecule has 1 fully saturated rings. The molecule has 0 aromatic heterocycles. The van der Waals surface area contributed by atoms with E-state index in [9.17, 15) is 0 Å². The van der Waals surface area contributed by atoms with Crippen LogP contribution in [0.3, 0.4) is 0 Å². The summed E-state index contributed by atoms with van der Waals surface area (Å²) in [6, 6.07) is 6.66. The highest BCUT2D eigenvalue weighted by molar-refractivity contribution is 9.10. The standard InChI is InChI=1S/C17H27BrN2/c1-13(2)14-5-4-9-20(10-8-14)17-11-16(18)7-6-15(17)12-19-3/h6-7,11,13-14,19H,4-5,8-10,12H2,1-3H3. The van der Waals surface area contributed by atoms with E-state index in [1.807, 2.05) is 7.05 Å². The van der Waals surface area contributed by atoms with E-state index in [0.717, 1.165) is 18.4 Å². The Morgan fingerprint density at radius 2 is 2.10 bits per heavy atom. The minimum absolute atomic E-state index is 0.814. The number of hydrogen-bond acceptors (Lipinski definition) is 2. The summed E-state index contributed by atoms with van der Waals surface area (Å²) in [7, 11) is 2.02. The number of anilines is 1. The Morgan fingerprint density at radius 3 is 2.80 bits per heavy atom. The van der Waals surface area contributed by atoms with Crippen LogP contribution in [0.15, 0.2) is 22.7 Å². The topological polar surface area (TPSA) is 15.3 Å². The van der Waals surface area contributed by atoms with E-state index < -0.39 is 0 Å². The molecule has 1 aromatic rings. The number of nitrogens with one attached hydrogen (secondary N) is 1. The zero-order chi connectivity index (χ0) is 14.5. The molecule has 2 rings (SSSR count). The van der Waals surface area contributed by atoms with Gasteiger partial charge < -0.3 is 10.2 Å². The van der Waals surface area contributed by atoms with Crippen molar-refractivity contribution in [3.63, 3.8) is 0 Å². The van der Waals surface area contributed by atoms with Gasteiger partial charge in [0.05, 0.1) is 0 Å². The van der Waals surface area contributed by atoms with Gasteiger partial charge in [0.15, 0.2) is 0 Å². The molecule has 1 saturated heterocycles. The van der Waals surface area contributed by atoms with Crippen LogP contribution in [0.25, 0.3) is 0 Å². The lowest BCUT2D eigenvalue weighted by Crippen LogP contribution is -2.26. The average molecular weight is 339 g/mol. The van der Waals surface area contributed by atoms with Crippen molar-refractivity contribution in [1.82, 2.24) is 5.32 Å². The fourth-order valence-electron chi connectivity index (χ4n) is 3.20. The molecule has 0 aliphatic carbocycles. The molecule has 0 amide bonds. The summed E-state index contributed by atoms with van der Waals surface area (Å²) in [4.78, 5) is 2.58. The Kier molecular flexibility index (Phi) is 5.91. The maximum absolute atomic E-state index is 3.62. The maximum atomic E-state index is 3.62. The fourth-order valence-corrected chi connectivity index (χ4v) is 3.55. The normalized spacial score (nSPS) is 20.2. The third-order valence-corrected chi connectivity index (χ3v) is 4.96. The highest BCUT2D eigenvalue weighted by atomic mass is 79.9. The summed E-state index contributed by atoms with van der Waals surface area (Å²) in [5, 5.41) is 3.28. The zero-order valence-corrected chi connectivity index (χ0v) is 14.5. The predicted molar refractivity (Wildman–Crippen MR) is 91.3 cm³/mol. The maximum Gasteiger partial charge on any atom is 0.0423 e. The Morgan fingerprint density at radius 1 is 1.30 bits per heavy atom. The highest BCUT2D eigenvalue weighted by Crippen LogP contribution is 2.30. The summed E-state index contributed by atoms with van der Waals surface area (Å²) in [5.41, 5.74) is 2.80. The van der Waals surface area contributed by atoms with Gasteiger partial charge in [-0.1, -0.05) is 35.8 Å². The van der Waals surface area contributed by atoms with Gasteiger partial charge in [0.2, 0.25) is 0 Å². The molecule has 0 spiro atoms. The Hall–Kier alpha value is -0.540. The molecule has 20 heavy (non-hydrogen) atoms. The van der Waals surface area contributed by atoms with E-state index in [-0.39, 0.29) is 0 Å². The van der Waals surface area contributed by atoms with Crippen LogP contribution in [0.2, 0.25) is 0 Å². The molecule has 1 heterocycles. The quantitative estimate of drug-likeness (QED) is 0.873. The van der Waals surface area contributed by atoms with Crippen molar-refractivity contribution >= 4 is 21.6 Å². The molecular formula is C17H27BrN2. The number of benzene rings is 1. The molecule has 1 atom stereocenters. The van der Waals surface area contributed by atoms with Gasteiger partial charge in [-0.2, -0.15) is 0 Å². The van der Waals surface area contributed by atoms with E-state index in [0.29, 0.717) is 0 Å². The molecule has 2 nitrogen and oxygen atoms in total. The fraction of sp³-hybridized carbons (Fsp3) is 0.647. The van der Waals surface area contributed by atoms with E-state index >= 15 is 0 Å². The molecule has 0 bridgehead atoms. The molecule has 1 aliphatic rings. The van der Waals surface area contributed by atoms with Crippen LogP contribution in [0.5, 0.6) is 0 Å². The van der Waals surface area contributed by atoms with Crippen LogP contribution in [0, 0.1) is 11.8 Å². The monoisotopic (exact) mass is 338 g/mol. The highest BCUT2D eigenvalue weighted by Gasteiger charge is 2.21. The smallest absolute Gasteiger partial charge is 0.0423 e. The van der Waals surface area contributed by atoms with E-state index in [4.69, 9.17) is 0 Å². The molecule has 3 heteroatoms. The zero-order valence-electron chi connectivity index (χ0n) is 13.0. The van der Waals surface area contributed by atoms with Crippen molar-refractivity contribution in [2.24, 2.45) is 11.8 Å². The van der Waals surface area contributed by atoms with E-state index in [2.05, 4.69) is 58.2 Å². The first-order chi connectivity index (χ1) is 9.61. The number of hydrogen-bond donors (Lipinski definition) is 1. The van der Waals surface area contributed by atoms with Gasteiger partial charge in [-0.3, -0.25) is 0 Å². The number of halogens is 1. The molecule has 0 radical (unpaired) electrons. The molecule has 112 valence electrons. The van der Waals surface area contributed by atoms with Gasteiger partial charge in [-0.25, -0.2) is 0 Å². The second kappa shape index (κ2) is 7.46. The summed E-state index contributed by atoms with van der Waals surface area (Å²) < 4.78 is 1.18. The number of nitrogens with zero attached hydrogens (tertiary/aromatic N) is 1. The molecule has 0 saturated carbocycles. The second-order valence-corrected chi connectivity index (χ2v) is 7.14. The molecule has 1 unspecified atom stereocenters. The summed E-state index contributed by atoms with van der Waals surface area (Å²) >= 11 is 3.62. The lowest BCUT2D eigenvalue weighted by atomic mass is 9.89. The summed E-state index contributed by atoms with van der Waals surface area (Å²) in [6.07, 6.45) is 4.01. The first kappa shape index (κ1) is 15.8. The third-order valence-electron chi connectivity index (χ3n) is 4.47. The van der Waals surface area contributed by atoms with Gasteiger partial charge >= 0.3 is 0 Å².